The van der Waals surface area contributed by atoms with Crippen LogP contribution < -0.4 is 20.1 Å². The Labute approximate surface area is 409 Å². The normalized spacial score (nSPS) is 16.8. The number of aryl methyl sites for hydroxylation is 1. The molecule has 6 heteroatoms. The fraction of sp³-hybridized carbons (Fsp3) is 0.129. The number of halogens is 1. The smallest absolute Gasteiger partial charge is 0.136 e. The molecular weight excluding hydrogens is 946 g/mol. The summed E-state index contributed by atoms with van der Waals surface area (Å²) in [6.07, 6.45) is 26.0. The van der Waals surface area contributed by atoms with Crippen LogP contribution in [0.4, 0.5) is 5.69 Å². The highest BCUT2D eigenvalue weighted by Gasteiger charge is 2.37. The summed E-state index contributed by atoms with van der Waals surface area (Å²) in [7, 11) is 0. The lowest BCUT2D eigenvalue weighted by Gasteiger charge is -2.29. The maximum Gasteiger partial charge on any atom is 0.136 e. The molecule has 330 valence electrons. The number of fused-ring (bicyclic) bond motifs is 13. The number of nitrogens with zero attached hydrogens (tertiary/aromatic N) is 3. The number of furan rings is 1. The van der Waals surface area contributed by atoms with Crippen molar-refractivity contribution in [1.82, 2.24) is 9.13 Å². The predicted octanol–water partition coefficient (Wildman–Crippen LogP) is 14.8. The summed E-state index contributed by atoms with van der Waals surface area (Å²) in [6, 6.07) is 45.4. The fourth-order valence-electron chi connectivity index (χ4n) is 11.3. The Kier molecular flexibility index (Phi) is 9.93. The predicted molar refractivity (Wildman–Crippen MR) is 292 cm³/mol. The van der Waals surface area contributed by atoms with Gasteiger partial charge in [-0.2, -0.15) is 0 Å². The third kappa shape index (κ3) is 6.79. The molecule has 0 saturated heterocycles. The van der Waals surface area contributed by atoms with Crippen molar-refractivity contribution in [1.29, 1.82) is 0 Å². The minimum atomic E-state index is -0.139. The van der Waals surface area contributed by atoms with Gasteiger partial charge < -0.3 is 23.2 Å². The first-order valence-corrected chi connectivity index (χ1v) is 24.8. The van der Waals surface area contributed by atoms with Crippen molar-refractivity contribution in [2.45, 2.75) is 50.5 Å². The monoisotopic (exact) mass is 993 g/mol. The average Bonchev–Trinajstić information content (AvgIpc) is 4.11. The Balaban J connectivity index is 1.01. The highest BCUT2D eigenvalue weighted by Crippen LogP contribution is 2.49. The molecule has 6 aromatic carbocycles. The molecule has 9 aromatic rings. The summed E-state index contributed by atoms with van der Waals surface area (Å²) < 4.78 is 19.4. The molecule has 0 radical (unpaired) electrons. The minimum absolute atomic E-state index is 0.139. The van der Waals surface area contributed by atoms with Gasteiger partial charge in [0.2, 0.25) is 0 Å². The molecule has 1 aliphatic heterocycles. The van der Waals surface area contributed by atoms with E-state index < -0.39 is 0 Å². The van der Waals surface area contributed by atoms with Crippen LogP contribution in [0.25, 0.3) is 80.8 Å². The lowest BCUT2D eigenvalue weighted by Crippen LogP contribution is -2.22. The maximum atomic E-state index is 6.53. The van der Waals surface area contributed by atoms with Gasteiger partial charge in [-0.05, 0) is 124 Å². The number of hydrogen-bond donors (Lipinski definition) is 0. The second kappa shape index (κ2) is 16.5. The Hall–Kier alpha value is -7.29. The van der Waals surface area contributed by atoms with Crippen LogP contribution in [0.5, 0.6) is 5.75 Å². The van der Waals surface area contributed by atoms with Crippen LogP contribution >= 0.6 is 22.6 Å². The van der Waals surface area contributed by atoms with Crippen molar-refractivity contribution in [3.63, 3.8) is 0 Å². The van der Waals surface area contributed by atoms with Crippen LogP contribution in [0, 0.1) is 0 Å². The van der Waals surface area contributed by atoms with Gasteiger partial charge in [0.1, 0.15) is 22.7 Å². The van der Waals surface area contributed by atoms with Gasteiger partial charge in [-0.15, -0.1) is 0 Å². The zero-order valence-corrected chi connectivity index (χ0v) is 39.8. The standard InChI is InChI=1S/C62H48IN3O2/c1-39-16-3-4-17-41(39)20-15-31-64(44-30-29-42-18-5-6-19-43(42)33-44)40(2)32-58(66-55-26-12-8-22-46(55)50-37-62-52(35-57(50)66)48-24-10-14-28-60(48)68-62)53(63)38-65-54-25-11-7-21-45(54)49-36-61-51(34-56(49)65)47-23-9-13-27-59(47)67-61/h3-5,7-10,12-18,20-24,26-31,33,35-38,51,58H,1-2,6,11,19,25,32,34H2/b31-15+,41-20-,53-38+. The molecule has 4 heterocycles. The molecule has 0 N–H and O–H groups in total. The molecule has 0 fully saturated rings. The number of hydrogen-bond acceptors (Lipinski definition) is 3. The van der Waals surface area contributed by atoms with Gasteiger partial charge in [-0.1, -0.05) is 128 Å². The zero-order valence-electron chi connectivity index (χ0n) is 37.7. The second-order valence-corrected chi connectivity index (χ2v) is 19.8. The molecule has 0 saturated carbocycles. The van der Waals surface area contributed by atoms with Crippen LogP contribution in [0.3, 0.4) is 0 Å². The van der Waals surface area contributed by atoms with Gasteiger partial charge in [0, 0.05) is 95.3 Å². The van der Waals surface area contributed by atoms with Crippen molar-refractivity contribution < 1.29 is 9.15 Å². The van der Waals surface area contributed by atoms with Gasteiger partial charge in [0.05, 0.1) is 17.5 Å². The number of rotatable bonds is 9. The summed E-state index contributed by atoms with van der Waals surface area (Å²) in [6.45, 7) is 9.30. The van der Waals surface area contributed by atoms with E-state index in [2.05, 4.69) is 213 Å². The maximum absolute atomic E-state index is 6.53. The van der Waals surface area contributed by atoms with Gasteiger partial charge in [0.25, 0.3) is 0 Å². The number of anilines is 1. The van der Waals surface area contributed by atoms with E-state index in [0.29, 0.717) is 6.42 Å². The van der Waals surface area contributed by atoms with E-state index >= 15 is 0 Å². The van der Waals surface area contributed by atoms with Crippen LogP contribution in [-0.4, -0.2) is 9.13 Å². The van der Waals surface area contributed by atoms with E-state index in [4.69, 9.17) is 15.7 Å². The van der Waals surface area contributed by atoms with Crippen molar-refractivity contribution in [2.75, 3.05) is 4.90 Å². The number of benzene rings is 6. The van der Waals surface area contributed by atoms with Crippen LogP contribution in [0.15, 0.2) is 178 Å². The summed E-state index contributed by atoms with van der Waals surface area (Å²) >= 11 is 2.67. The van der Waals surface area contributed by atoms with Crippen LogP contribution in [-0.2, 0) is 19.3 Å². The van der Waals surface area contributed by atoms with Crippen molar-refractivity contribution >= 4 is 109 Å². The molecule has 13 rings (SSSR count). The van der Waals surface area contributed by atoms with Crippen LogP contribution in [0.1, 0.15) is 70.4 Å². The molecule has 5 nitrogen and oxygen atoms in total. The number of aromatic nitrogens is 2. The average molecular weight is 994 g/mol. The molecule has 2 atom stereocenters. The Morgan fingerprint density at radius 3 is 2.50 bits per heavy atom. The molecule has 4 aliphatic rings. The highest BCUT2D eigenvalue weighted by atomic mass is 127. The first-order chi connectivity index (χ1) is 33.4. The molecule has 0 bridgehead atoms. The summed E-state index contributed by atoms with van der Waals surface area (Å²) in [5.74, 6) is 2.21. The van der Waals surface area contributed by atoms with Gasteiger partial charge in [-0.3, -0.25) is 0 Å². The van der Waals surface area contributed by atoms with Crippen LogP contribution in [0.2, 0.25) is 0 Å². The van der Waals surface area contributed by atoms with Gasteiger partial charge in [0.15, 0.2) is 0 Å². The lowest BCUT2D eigenvalue weighted by atomic mass is 9.86. The number of ether oxygens (including phenoxy) is 1. The van der Waals surface area contributed by atoms with E-state index in [1.807, 2.05) is 12.1 Å². The van der Waals surface area contributed by atoms with E-state index in [0.717, 1.165) is 87.4 Å². The lowest BCUT2D eigenvalue weighted by molar-refractivity contribution is 0.428. The zero-order chi connectivity index (χ0) is 45.5. The third-order valence-electron chi connectivity index (χ3n) is 14.6. The first-order valence-electron chi connectivity index (χ1n) is 23.8. The van der Waals surface area contributed by atoms with E-state index in [1.165, 1.54) is 64.6 Å². The summed E-state index contributed by atoms with van der Waals surface area (Å²) in [5, 5.41) is 6.69. The SMILES string of the molecule is C=C(CC(/C(I)=C\n1c2c(c3c1CC1C(=C3)Oc3ccccc31)C=CCC2)n1c2ccccc2c2cc3oc4ccccc4c3cc21)N(/C=C/C=c1/ccccc1=C)c1ccc2c(c1)CCC=C2. The third-order valence-corrected chi connectivity index (χ3v) is 15.6. The van der Waals surface area contributed by atoms with Gasteiger partial charge >= 0.3 is 0 Å². The van der Waals surface area contributed by atoms with E-state index in [1.54, 1.807) is 0 Å². The molecular formula is C62H48IN3O2. The Morgan fingerprint density at radius 2 is 1.57 bits per heavy atom. The number of para-hydroxylation sites is 3. The van der Waals surface area contributed by atoms with Crippen molar-refractivity contribution in [3.05, 3.63) is 223 Å². The molecule has 3 aliphatic carbocycles. The second-order valence-electron chi connectivity index (χ2n) is 18.5. The highest BCUT2D eigenvalue weighted by molar-refractivity contribution is 14.1. The largest absolute Gasteiger partial charge is 0.461 e. The Bertz CT molecular complexity index is 3870. The molecule has 2 unspecified atom stereocenters. The minimum Gasteiger partial charge on any atom is -0.461 e. The summed E-state index contributed by atoms with van der Waals surface area (Å²) in [5.41, 5.74) is 15.4. The topological polar surface area (TPSA) is 35.5 Å². The van der Waals surface area contributed by atoms with Crippen molar-refractivity contribution in [3.8, 4) is 5.75 Å². The molecule has 68 heavy (non-hydrogen) atoms. The van der Waals surface area contributed by atoms with E-state index in [9.17, 15) is 0 Å². The van der Waals surface area contributed by atoms with E-state index in [-0.39, 0.29) is 12.0 Å². The summed E-state index contributed by atoms with van der Waals surface area (Å²) in [4.78, 5) is 2.31. The molecule has 0 amide bonds. The quantitative estimate of drug-likeness (QED) is 0.135. The number of allylic oxidation sites excluding steroid dienone is 6. The molecule has 0 spiro atoms. The molecule has 3 aromatic heterocycles. The fourth-order valence-corrected chi connectivity index (χ4v) is 12.1. The van der Waals surface area contributed by atoms with Gasteiger partial charge in [-0.25, -0.2) is 0 Å². The van der Waals surface area contributed by atoms with Crippen molar-refractivity contribution in [2.24, 2.45) is 0 Å². The Morgan fingerprint density at radius 1 is 0.765 bits per heavy atom. The first kappa shape index (κ1) is 40.9.